The van der Waals surface area contributed by atoms with Gasteiger partial charge in [-0.25, -0.2) is 9.36 Å². The average molecular weight is 221 g/mol. The quantitative estimate of drug-likeness (QED) is 0.782. The number of hydrogen-bond donors (Lipinski definition) is 1. The number of carboxylic acid groups (broad SMARTS) is 1. The van der Waals surface area contributed by atoms with Crippen molar-refractivity contribution >= 4 is 5.97 Å². The Labute approximate surface area is 89.0 Å². The Kier molecular flexibility index (Phi) is 2.50. The van der Waals surface area contributed by atoms with Crippen LogP contribution in [0.15, 0.2) is 33.7 Å². The van der Waals surface area contributed by atoms with Gasteiger partial charge < -0.3 is 5.11 Å². The molecule has 16 heavy (non-hydrogen) atoms. The van der Waals surface area contributed by atoms with E-state index in [4.69, 9.17) is 5.11 Å². The lowest BCUT2D eigenvalue weighted by Crippen LogP contribution is -2.20. The molecule has 0 amide bonds. The predicted molar refractivity (Wildman–Crippen MR) is 51.6 cm³/mol. The van der Waals surface area contributed by atoms with Crippen LogP contribution in [-0.2, 0) is 11.3 Å². The number of aliphatic carboxylic acids is 1. The Morgan fingerprint density at radius 1 is 1.50 bits per heavy atom. The molecule has 1 N–H and O–H groups in total. The molecule has 0 radical (unpaired) electrons. The predicted octanol–water partition coefficient (Wildman–Crippen LogP) is -0.0171. The van der Waals surface area contributed by atoms with Crippen molar-refractivity contribution in [1.82, 2.24) is 14.7 Å². The molecule has 7 nitrogen and oxygen atoms in total. The monoisotopic (exact) mass is 221 g/mol. The molecule has 2 rings (SSSR count). The Morgan fingerprint density at radius 3 is 2.94 bits per heavy atom. The fourth-order valence-electron chi connectivity index (χ4n) is 1.22. The largest absolute Gasteiger partial charge is 0.480 e. The SMILES string of the molecule is O=C(O)Cn1c(-c2ccccn2)noc1=O. The highest BCUT2D eigenvalue weighted by molar-refractivity contribution is 5.67. The molecule has 0 saturated carbocycles. The first kappa shape index (κ1) is 10.1. The second-order valence-corrected chi connectivity index (χ2v) is 2.97. The molecule has 0 saturated heterocycles. The summed E-state index contributed by atoms with van der Waals surface area (Å²) >= 11 is 0. The smallest absolute Gasteiger partial charge is 0.442 e. The van der Waals surface area contributed by atoms with Gasteiger partial charge in [0, 0.05) is 6.20 Å². The van der Waals surface area contributed by atoms with E-state index in [9.17, 15) is 9.59 Å². The highest BCUT2D eigenvalue weighted by Crippen LogP contribution is 2.11. The van der Waals surface area contributed by atoms with E-state index in [1.807, 2.05) is 0 Å². The van der Waals surface area contributed by atoms with Gasteiger partial charge in [-0.1, -0.05) is 11.2 Å². The molecule has 2 aromatic heterocycles. The maximum atomic E-state index is 11.2. The van der Waals surface area contributed by atoms with Crippen molar-refractivity contribution < 1.29 is 14.4 Å². The van der Waals surface area contributed by atoms with Crippen molar-refractivity contribution in [3.05, 3.63) is 34.9 Å². The number of hydrogen-bond acceptors (Lipinski definition) is 5. The second kappa shape index (κ2) is 3.97. The molecule has 0 aliphatic heterocycles. The molecule has 0 bridgehead atoms. The summed E-state index contributed by atoms with van der Waals surface area (Å²) in [5.74, 6) is -1.86. The van der Waals surface area contributed by atoms with Crippen molar-refractivity contribution in [3.8, 4) is 11.5 Å². The molecule has 0 aliphatic rings. The van der Waals surface area contributed by atoms with Crippen LogP contribution in [0.3, 0.4) is 0 Å². The molecule has 0 atom stereocenters. The summed E-state index contributed by atoms with van der Waals surface area (Å²) in [5, 5.41) is 12.1. The Morgan fingerprint density at radius 2 is 2.31 bits per heavy atom. The summed E-state index contributed by atoms with van der Waals surface area (Å²) in [6, 6.07) is 5.01. The van der Waals surface area contributed by atoms with Gasteiger partial charge in [0.05, 0.1) is 0 Å². The summed E-state index contributed by atoms with van der Waals surface area (Å²) in [6.45, 7) is -0.506. The van der Waals surface area contributed by atoms with Crippen LogP contribution in [0.4, 0.5) is 0 Å². The van der Waals surface area contributed by atoms with Crippen LogP contribution >= 0.6 is 0 Å². The second-order valence-electron chi connectivity index (χ2n) is 2.97. The fourth-order valence-corrected chi connectivity index (χ4v) is 1.22. The number of pyridine rings is 1. The van der Waals surface area contributed by atoms with E-state index in [0.29, 0.717) is 5.69 Å². The van der Waals surface area contributed by atoms with Crippen molar-refractivity contribution in [2.24, 2.45) is 0 Å². The fraction of sp³-hybridized carbons (Fsp3) is 0.111. The van der Waals surface area contributed by atoms with Crippen molar-refractivity contribution in [2.45, 2.75) is 6.54 Å². The van der Waals surface area contributed by atoms with E-state index in [1.54, 1.807) is 18.2 Å². The molecule has 7 heteroatoms. The summed E-state index contributed by atoms with van der Waals surface area (Å²) in [7, 11) is 0. The van der Waals surface area contributed by atoms with Crippen LogP contribution in [0, 0.1) is 0 Å². The van der Waals surface area contributed by atoms with Crippen molar-refractivity contribution in [2.75, 3.05) is 0 Å². The molecular formula is C9H7N3O4. The van der Waals surface area contributed by atoms with Gasteiger partial charge in [-0.2, -0.15) is 0 Å². The Balaban J connectivity index is 2.50. The number of carboxylic acids is 1. The van der Waals surface area contributed by atoms with E-state index in [0.717, 1.165) is 4.57 Å². The van der Waals surface area contributed by atoms with Crippen LogP contribution in [-0.4, -0.2) is 25.8 Å². The number of nitrogens with zero attached hydrogens (tertiary/aromatic N) is 3. The Hall–Kier alpha value is -2.44. The Bertz CT molecular complexity index is 558. The molecule has 2 aromatic rings. The minimum absolute atomic E-state index is 0.105. The van der Waals surface area contributed by atoms with Gasteiger partial charge in [0.2, 0.25) is 5.82 Å². The van der Waals surface area contributed by atoms with E-state index < -0.39 is 18.3 Å². The van der Waals surface area contributed by atoms with E-state index in [1.165, 1.54) is 6.20 Å². The number of rotatable bonds is 3. The van der Waals surface area contributed by atoms with Crippen LogP contribution in [0.1, 0.15) is 0 Å². The average Bonchev–Trinajstić information content (AvgIpc) is 2.61. The number of aromatic nitrogens is 3. The zero-order valence-corrected chi connectivity index (χ0v) is 8.03. The van der Waals surface area contributed by atoms with E-state index in [2.05, 4.69) is 14.7 Å². The maximum Gasteiger partial charge on any atom is 0.442 e. The van der Waals surface area contributed by atoms with Gasteiger partial charge in [-0.05, 0) is 12.1 Å². The molecule has 0 fully saturated rings. The van der Waals surface area contributed by atoms with E-state index >= 15 is 0 Å². The zero-order chi connectivity index (χ0) is 11.5. The van der Waals surface area contributed by atoms with Crippen molar-refractivity contribution in [1.29, 1.82) is 0 Å². The molecule has 0 aliphatic carbocycles. The van der Waals surface area contributed by atoms with Gasteiger partial charge in [0.1, 0.15) is 12.2 Å². The molecular weight excluding hydrogens is 214 g/mol. The lowest BCUT2D eigenvalue weighted by Gasteiger charge is -1.99. The third-order valence-electron chi connectivity index (χ3n) is 1.87. The molecule has 2 heterocycles. The molecule has 82 valence electrons. The highest BCUT2D eigenvalue weighted by atomic mass is 16.5. The van der Waals surface area contributed by atoms with Crippen LogP contribution in [0.5, 0.6) is 0 Å². The maximum absolute atomic E-state index is 11.2. The van der Waals surface area contributed by atoms with Gasteiger partial charge in [0.25, 0.3) is 0 Å². The first-order valence-corrected chi connectivity index (χ1v) is 4.38. The van der Waals surface area contributed by atoms with Gasteiger partial charge in [-0.3, -0.25) is 14.3 Å². The van der Waals surface area contributed by atoms with Gasteiger partial charge >= 0.3 is 11.7 Å². The highest BCUT2D eigenvalue weighted by Gasteiger charge is 2.15. The first-order valence-electron chi connectivity index (χ1n) is 4.38. The van der Waals surface area contributed by atoms with Crippen LogP contribution in [0.2, 0.25) is 0 Å². The lowest BCUT2D eigenvalue weighted by atomic mass is 10.3. The van der Waals surface area contributed by atoms with Gasteiger partial charge in [-0.15, -0.1) is 0 Å². The minimum Gasteiger partial charge on any atom is -0.480 e. The first-order chi connectivity index (χ1) is 7.68. The normalized spacial score (nSPS) is 10.2. The topological polar surface area (TPSA) is 98.2 Å². The third kappa shape index (κ3) is 1.83. The van der Waals surface area contributed by atoms with Gasteiger partial charge in [0.15, 0.2) is 0 Å². The third-order valence-corrected chi connectivity index (χ3v) is 1.87. The molecule has 0 aromatic carbocycles. The standard InChI is InChI=1S/C9H7N3O4/c13-7(14)5-12-8(11-16-9(12)15)6-3-1-2-4-10-6/h1-4H,5H2,(H,13,14). The number of carbonyl (C=O) groups is 1. The molecule has 0 unspecified atom stereocenters. The lowest BCUT2D eigenvalue weighted by molar-refractivity contribution is -0.137. The summed E-state index contributed by atoms with van der Waals surface area (Å²) in [6.07, 6.45) is 1.51. The van der Waals surface area contributed by atoms with E-state index in [-0.39, 0.29) is 5.82 Å². The zero-order valence-electron chi connectivity index (χ0n) is 8.03. The van der Waals surface area contributed by atoms with Crippen LogP contribution < -0.4 is 5.76 Å². The molecule has 0 spiro atoms. The minimum atomic E-state index is -1.15. The summed E-state index contributed by atoms with van der Waals surface area (Å²) in [4.78, 5) is 25.7. The van der Waals surface area contributed by atoms with Crippen molar-refractivity contribution in [3.63, 3.8) is 0 Å². The summed E-state index contributed by atoms with van der Waals surface area (Å²) in [5.41, 5.74) is 0.384. The van der Waals surface area contributed by atoms with Crippen LogP contribution in [0.25, 0.3) is 11.5 Å². The summed E-state index contributed by atoms with van der Waals surface area (Å²) < 4.78 is 5.31.